The highest BCUT2D eigenvalue weighted by Gasteiger charge is 2.21. The zero-order valence-electron chi connectivity index (χ0n) is 13.1. The summed E-state index contributed by atoms with van der Waals surface area (Å²) >= 11 is 0. The Kier molecular flexibility index (Phi) is 4.85. The highest BCUT2D eigenvalue weighted by molar-refractivity contribution is 6.05. The van der Waals surface area contributed by atoms with Crippen molar-refractivity contribution in [3.63, 3.8) is 0 Å². The van der Waals surface area contributed by atoms with E-state index in [4.69, 9.17) is 9.47 Å². The third-order valence-corrected chi connectivity index (χ3v) is 3.32. The molecule has 0 atom stereocenters. The van der Waals surface area contributed by atoms with Crippen LogP contribution in [0.4, 0.5) is 11.4 Å². The molecule has 0 aromatic heterocycles. The van der Waals surface area contributed by atoms with Crippen molar-refractivity contribution in [2.75, 3.05) is 19.1 Å². The summed E-state index contributed by atoms with van der Waals surface area (Å²) in [6.07, 6.45) is 0. The predicted molar refractivity (Wildman–Crippen MR) is 85.8 cm³/mol. The van der Waals surface area contributed by atoms with Gasteiger partial charge in [0.1, 0.15) is 0 Å². The van der Waals surface area contributed by atoms with Gasteiger partial charge < -0.3 is 14.6 Å². The highest BCUT2D eigenvalue weighted by Crippen LogP contribution is 2.35. The summed E-state index contributed by atoms with van der Waals surface area (Å²) in [7, 11) is 3.00. The number of carboxylic acids is 1. The maximum Gasteiger partial charge on any atom is 0.337 e. The fourth-order valence-corrected chi connectivity index (χ4v) is 2.30. The number of rotatable bonds is 5. The second kappa shape index (κ2) is 6.83. The molecule has 0 heterocycles. The van der Waals surface area contributed by atoms with Crippen LogP contribution < -0.4 is 14.4 Å². The Morgan fingerprint density at radius 1 is 1.00 bits per heavy atom. The number of amides is 1. The van der Waals surface area contributed by atoms with Gasteiger partial charge in [0.25, 0.3) is 0 Å². The molecule has 0 spiro atoms. The van der Waals surface area contributed by atoms with Gasteiger partial charge in [-0.25, -0.2) is 4.79 Å². The molecule has 1 N–H and O–H groups in total. The third kappa shape index (κ3) is 3.26. The molecule has 0 radical (unpaired) electrons. The molecule has 0 unspecified atom stereocenters. The summed E-state index contributed by atoms with van der Waals surface area (Å²) in [5, 5.41) is 9.34. The Bertz CT molecular complexity index is 742. The molecule has 1 amide bonds. The molecule has 2 aromatic carbocycles. The molecule has 6 nitrogen and oxygen atoms in total. The number of para-hydroxylation sites is 1. The Hall–Kier alpha value is -3.02. The van der Waals surface area contributed by atoms with E-state index in [2.05, 4.69) is 0 Å². The number of anilines is 2. The average molecular weight is 315 g/mol. The van der Waals surface area contributed by atoms with Crippen molar-refractivity contribution in [1.82, 2.24) is 0 Å². The molecule has 120 valence electrons. The number of ether oxygens (including phenoxy) is 2. The van der Waals surface area contributed by atoms with Gasteiger partial charge in [0.15, 0.2) is 11.5 Å². The maximum absolute atomic E-state index is 12.1. The third-order valence-electron chi connectivity index (χ3n) is 3.32. The summed E-state index contributed by atoms with van der Waals surface area (Å²) in [4.78, 5) is 24.9. The first-order valence-electron chi connectivity index (χ1n) is 6.84. The van der Waals surface area contributed by atoms with E-state index in [1.54, 1.807) is 36.4 Å². The van der Waals surface area contributed by atoms with Gasteiger partial charge >= 0.3 is 5.97 Å². The van der Waals surface area contributed by atoms with E-state index in [1.807, 2.05) is 0 Å². The van der Waals surface area contributed by atoms with Crippen molar-refractivity contribution >= 4 is 23.3 Å². The molecule has 0 aliphatic rings. The van der Waals surface area contributed by atoms with Crippen LogP contribution in [0.3, 0.4) is 0 Å². The van der Waals surface area contributed by atoms with Gasteiger partial charge in [0.2, 0.25) is 5.91 Å². The normalized spacial score (nSPS) is 10.0. The minimum Gasteiger partial charge on any atom is -0.493 e. The van der Waals surface area contributed by atoms with Gasteiger partial charge in [-0.1, -0.05) is 12.1 Å². The standard InChI is InChI=1S/C17H17NO5/c1-11(19)18(14-7-5-4-6-13(14)17(20)21)12-8-9-15(22-2)16(10-12)23-3/h4-10H,1-3H3,(H,20,21). The Labute approximate surface area is 133 Å². The number of hydrogen-bond acceptors (Lipinski definition) is 4. The number of nitrogens with zero attached hydrogens (tertiary/aromatic N) is 1. The van der Waals surface area contributed by atoms with Crippen LogP contribution >= 0.6 is 0 Å². The summed E-state index contributed by atoms with van der Waals surface area (Å²) in [5.41, 5.74) is 0.820. The van der Waals surface area contributed by atoms with Crippen LogP contribution in [0, 0.1) is 0 Å². The Morgan fingerprint density at radius 3 is 2.22 bits per heavy atom. The summed E-state index contributed by atoms with van der Waals surface area (Å²) < 4.78 is 10.4. The van der Waals surface area contributed by atoms with Gasteiger partial charge in [-0.05, 0) is 24.3 Å². The SMILES string of the molecule is COc1ccc(N(C(C)=O)c2ccccc2C(=O)O)cc1OC. The Balaban J connectivity index is 2.61. The molecular formula is C17H17NO5. The fraction of sp³-hybridized carbons (Fsp3) is 0.176. The number of aromatic carboxylic acids is 1. The first-order valence-corrected chi connectivity index (χ1v) is 6.84. The van der Waals surface area contributed by atoms with Crippen molar-refractivity contribution in [2.45, 2.75) is 6.92 Å². The predicted octanol–water partition coefficient (Wildman–Crippen LogP) is 3.09. The van der Waals surface area contributed by atoms with Crippen molar-refractivity contribution in [1.29, 1.82) is 0 Å². The van der Waals surface area contributed by atoms with E-state index in [1.165, 1.54) is 32.1 Å². The van der Waals surface area contributed by atoms with Crippen molar-refractivity contribution < 1.29 is 24.2 Å². The molecule has 2 rings (SSSR count). The van der Waals surface area contributed by atoms with Crippen LogP contribution in [-0.4, -0.2) is 31.2 Å². The molecule has 23 heavy (non-hydrogen) atoms. The second-order valence-corrected chi connectivity index (χ2v) is 4.72. The molecule has 0 aliphatic heterocycles. The topological polar surface area (TPSA) is 76.1 Å². The first-order chi connectivity index (χ1) is 11.0. The van der Waals surface area contributed by atoms with E-state index in [0.717, 1.165) is 0 Å². The number of benzene rings is 2. The van der Waals surface area contributed by atoms with Crippen LogP contribution in [0.5, 0.6) is 11.5 Å². The second-order valence-electron chi connectivity index (χ2n) is 4.72. The van der Waals surface area contributed by atoms with E-state index in [-0.39, 0.29) is 11.5 Å². The lowest BCUT2D eigenvalue weighted by atomic mass is 10.1. The minimum absolute atomic E-state index is 0.0393. The number of hydrogen-bond donors (Lipinski definition) is 1. The summed E-state index contributed by atoms with van der Waals surface area (Å²) in [6, 6.07) is 11.3. The summed E-state index contributed by atoms with van der Waals surface area (Å²) in [5.74, 6) is -0.450. The van der Waals surface area contributed by atoms with E-state index in [9.17, 15) is 14.7 Å². The lowest BCUT2D eigenvalue weighted by molar-refractivity contribution is -0.115. The first kappa shape index (κ1) is 16.4. The monoisotopic (exact) mass is 315 g/mol. The fourth-order valence-electron chi connectivity index (χ4n) is 2.30. The molecule has 0 aliphatic carbocycles. The van der Waals surface area contributed by atoms with Gasteiger partial charge in [-0.3, -0.25) is 9.69 Å². The average Bonchev–Trinajstić information content (AvgIpc) is 2.54. The lowest BCUT2D eigenvalue weighted by Gasteiger charge is -2.24. The zero-order chi connectivity index (χ0) is 17.0. The van der Waals surface area contributed by atoms with Crippen molar-refractivity contribution in [3.05, 3.63) is 48.0 Å². The van der Waals surface area contributed by atoms with Crippen LogP contribution in [0.25, 0.3) is 0 Å². The molecular weight excluding hydrogens is 298 g/mol. The van der Waals surface area contributed by atoms with Gasteiger partial charge in [0.05, 0.1) is 31.2 Å². The highest BCUT2D eigenvalue weighted by atomic mass is 16.5. The van der Waals surface area contributed by atoms with Crippen LogP contribution in [-0.2, 0) is 4.79 Å². The molecule has 0 saturated carbocycles. The zero-order valence-corrected chi connectivity index (χ0v) is 13.1. The van der Waals surface area contributed by atoms with E-state index < -0.39 is 5.97 Å². The van der Waals surface area contributed by atoms with Crippen molar-refractivity contribution in [3.8, 4) is 11.5 Å². The van der Waals surface area contributed by atoms with Crippen LogP contribution in [0.1, 0.15) is 17.3 Å². The van der Waals surface area contributed by atoms with Crippen LogP contribution in [0.2, 0.25) is 0 Å². The molecule has 0 bridgehead atoms. The van der Waals surface area contributed by atoms with E-state index >= 15 is 0 Å². The quantitative estimate of drug-likeness (QED) is 0.917. The van der Waals surface area contributed by atoms with Crippen LogP contribution in [0.15, 0.2) is 42.5 Å². The smallest absolute Gasteiger partial charge is 0.337 e. The lowest BCUT2D eigenvalue weighted by Crippen LogP contribution is -2.24. The van der Waals surface area contributed by atoms with E-state index in [0.29, 0.717) is 22.9 Å². The molecule has 0 fully saturated rings. The molecule has 2 aromatic rings. The molecule has 0 saturated heterocycles. The van der Waals surface area contributed by atoms with Crippen molar-refractivity contribution in [2.24, 2.45) is 0 Å². The molecule has 6 heteroatoms. The number of carboxylic acid groups (broad SMARTS) is 1. The van der Waals surface area contributed by atoms with Gasteiger partial charge in [-0.15, -0.1) is 0 Å². The maximum atomic E-state index is 12.1. The number of carbonyl (C=O) groups excluding carboxylic acids is 1. The van der Waals surface area contributed by atoms with Gasteiger partial charge in [-0.2, -0.15) is 0 Å². The summed E-state index contributed by atoms with van der Waals surface area (Å²) in [6.45, 7) is 1.37. The van der Waals surface area contributed by atoms with Gasteiger partial charge in [0, 0.05) is 13.0 Å². The Morgan fingerprint density at radius 2 is 1.65 bits per heavy atom. The number of carbonyl (C=O) groups is 2. The number of methoxy groups -OCH3 is 2. The minimum atomic E-state index is -1.10. The largest absolute Gasteiger partial charge is 0.493 e.